The summed E-state index contributed by atoms with van der Waals surface area (Å²) in [6, 6.07) is 23.1. The molecule has 0 radical (unpaired) electrons. The van der Waals surface area contributed by atoms with Gasteiger partial charge in [0.1, 0.15) is 0 Å². The third-order valence-electron chi connectivity index (χ3n) is 4.83. The Labute approximate surface area is 180 Å². The Morgan fingerprint density at radius 1 is 1.03 bits per heavy atom. The number of hydrogen-bond acceptors (Lipinski definition) is 5. The molecular weight excluding hydrogens is 388 g/mol. The van der Waals surface area contributed by atoms with Crippen LogP contribution in [0.3, 0.4) is 0 Å². The number of carbonyl (C=O) groups is 1. The monoisotopic (exact) mass is 410 g/mol. The predicted molar refractivity (Wildman–Crippen MR) is 120 cm³/mol. The van der Waals surface area contributed by atoms with Crippen LogP contribution in [-0.4, -0.2) is 32.3 Å². The topological polar surface area (TPSA) is 85.1 Å². The van der Waals surface area contributed by atoms with Crippen LogP contribution in [0.25, 0.3) is 11.4 Å². The lowest BCUT2D eigenvalue weighted by molar-refractivity contribution is 0.0955. The van der Waals surface area contributed by atoms with Crippen LogP contribution in [0.4, 0.5) is 0 Å². The highest BCUT2D eigenvalue weighted by Crippen LogP contribution is 2.13. The zero-order valence-electron chi connectivity index (χ0n) is 17.4. The van der Waals surface area contributed by atoms with Crippen molar-refractivity contribution < 1.29 is 4.79 Å². The lowest BCUT2D eigenvalue weighted by Crippen LogP contribution is -2.17. The van der Waals surface area contributed by atoms with Gasteiger partial charge in [-0.15, -0.1) is 10.2 Å². The number of carbonyl (C=O) groups excluding carboxylic acids is 1. The Bertz CT molecular complexity index is 1210. The highest BCUT2D eigenvalue weighted by Gasteiger charge is 2.08. The summed E-state index contributed by atoms with van der Waals surface area (Å²) >= 11 is 0. The zero-order chi connectivity index (χ0) is 21.6. The number of rotatable bonds is 6. The van der Waals surface area contributed by atoms with Crippen LogP contribution in [-0.2, 0) is 6.54 Å². The van der Waals surface area contributed by atoms with E-state index in [9.17, 15) is 4.79 Å². The molecule has 0 unspecified atom stereocenters. The molecule has 0 fully saturated rings. The van der Waals surface area contributed by atoms with Crippen molar-refractivity contribution in [2.75, 3.05) is 0 Å². The minimum atomic E-state index is -0.265. The van der Waals surface area contributed by atoms with Gasteiger partial charge in [-0.2, -0.15) is 9.90 Å². The Morgan fingerprint density at radius 2 is 1.81 bits per heavy atom. The number of hydrogen-bond donors (Lipinski definition) is 1. The molecule has 4 aromatic rings. The second kappa shape index (κ2) is 9.13. The van der Waals surface area contributed by atoms with Crippen LogP contribution in [0.2, 0.25) is 0 Å². The lowest BCUT2D eigenvalue weighted by Gasteiger charge is -2.04. The van der Waals surface area contributed by atoms with Crippen LogP contribution >= 0.6 is 0 Å². The molecule has 31 heavy (non-hydrogen) atoms. The van der Waals surface area contributed by atoms with Gasteiger partial charge < -0.3 is 0 Å². The number of aromatic nitrogens is 4. The molecule has 7 nitrogen and oxygen atoms in total. The van der Waals surface area contributed by atoms with E-state index in [0.29, 0.717) is 17.9 Å². The van der Waals surface area contributed by atoms with E-state index < -0.39 is 0 Å². The summed E-state index contributed by atoms with van der Waals surface area (Å²) in [5.41, 5.74) is 8.21. The Balaban J connectivity index is 1.37. The van der Waals surface area contributed by atoms with Crippen LogP contribution in [0.5, 0.6) is 0 Å². The first-order valence-electron chi connectivity index (χ1n) is 9.91. The van der Waals surface area contributed by atoms with Crippen molar-refractivity contribution in [3.05, 3.63) is 101 Å². The van der Waals surface area contributed by atoms with Gasteiger partial charge in [-0.05, 0) is 47.9 Å². The third-order valence-corrected chi connectivity index (χ3v) is 4.83. The molecule has 154 valence electrons. The van der Waals surface area contributed by atoms with E-state index in [1.54, 1.807) is 18.3 Å². The van der Waals surface area contributed by atoms with Crippen molar-refractivity contribution in [3.8, 4) is 11.4 Å². The van der Waals surface area contributed by atoms with Gasteiger partial charge in [-0.3, -0.25) is 4.79 Å². The maximum atomic E-state index is 12.4. The molecule has 0 saturated heterocycles. The molecule has 1 amide bonds. The molecule has 3 aromatic carbocycles. The van der Waals surface area contributed by atoms with Crippen molar-refractivity contribution in [2.45, 2.75) is 20.4 Å². The first kappa shape index (κ1) is 20.2. The fraction of sp³-hybridized carbons (Fsp3) is 0.125. The summed E-state index contributed by atoms with van der Waals surface area (Å²) in [4.78, 5) is 13.9. The van der Waals surface area contributed by atoms with Gasteiger partial charge in [0, 0.05) is 11.1 Å². The van der Waals surface area contributed by atoms with Gasteiger partial charge in [0.15, 0.2) is 0 Å². The molecule has 0 aliphatic heterocycles. The van der Waals surface area contributed by atoms with E-state index >= 15 is 0 Å². The summed E-state index contributed by atoms with van der Waals surface area (Å²) in [5, 5.41) is 16.7. The van der Waals surface area contributed by atoms with Crippen LogP contribution in [0, 0.1) is 13.8 Å². The number of nitrogens with one attached hydrogen (secondary N) is 1. The van der Waals surface area contributed by atoms with Gasteiger partial charge in [0.05, 0.1) is 12.8 Å². The second-order valence-corrected chi connectivity index (χ2v) is 7.27. The van der Waals surface area contributed by atoms with E-state index in [4.69, 9.17) is 0 Å². The predicted octanol–water partition coefficient (Wildman–Crippen LogP) is 3.77. The van der Waals surface area contributed by atoms with Gasteiger partial charge in [-0.1, -0.05) is 66.2 Å². The SMILES string of the molecule is Cc1ccc(C)c(/C=N\NC(=O)c2ccc(Cn3nnc(-c4ccccc4)n3)cc2)c1. The molecule has 1 heterocycles. The lowest BCUT2D eigenvalue weighted by atomic mass is 10.1. The molecule has 7 heteroatoms. The van der Waals surface area contributed by atoms with E-state index in [1.165, 1.54) is 4.80 Å². The number of nitrogens with zero attached hydrogens (tertiary/aromatic N) is 5. The quantitative estimate of drug-likeness (QED) is 0.387. The van der Waals surface area contributed by atoms with E-state index in [2.05, 4.69) is 25.9 Å². The minimum absolute atomic E-state index is 0.265. The van der Waals surface area contributed by atoms with Crippen LogP contribution in [0.1, 0.15) is 32.6 Å². The average molecular weight is 410 g/mol. The molecule has 0 atom stereocenters. The number of tetrazole rings is 1. The van der Waals surface area contributed by atoms with Gasteiger partial charge in [0.25, 0.3) is 5.91 Å². The third kappa shape index (κ3) is 5.08. The largest absolute Gasteiger partial charge is 0.271 e. The average Bonchev–Trinajstić information content (AvgIpc) is 3.26. The molecule has 0 aliphatic rings. The van der Waals surface area contributed by atoms with Crippen LogP contribution < -0.4 is 5.43 Å². The normalized spacial score (nSPS) is 11.0. The molecule has 0 spiro atoms. The summed E-state index contributed by atoms with van der Waals surface area (Å²) in [5.74, 6) is 0.316. The molecule has 1 aromatic heterocycles. The number of benzene rings is 3. The van der Waals surface area contributed by atoms with Crippen molar-refractivity contribution in [1.82, 2.24) is 25.6 Å². The summed E-state index contributed by atoms with van der Waals surface area (Å²) in [6.07, 6.45) is 1.66. The van der Waals surface area contributed by atoms with Crippen molar-refractivity contribution in [3.63, 3.8) is 0 Å². The maximum absolute atomic E-state index is 12.4. The van der Waals surface area contributed by atoms with E-state index in [-0.39, 0.29) is 5.91 Å². The summed E-state index contributed by atoms with van der Waals surface area (Å²) in [6.45, 7) is 4.49. The smallest absolute Gasteiger partial charge is 0.267 e. The van der Waals surface area contributed by atoms with Crippen molar-refractivity contribution in [1.29, 1.82) is 0 Å². The van der Waals surface area contributed by atoms with Gasteiger partial charge in [0.2, 0.25) is 5.82 Å². The number of hydrazone groups is 1. The zero-order valence-corrected chi connectivity index (χ0v) is 17.4. The van der Waals surface area contributed by atoms with E-state index in [0.717, 1.165) is 27.8 Å². The van der Waals surface area contributed by atoms with Crippen molar-refractivity contribution >= 4 is 12.1 Å². The van der Waals surface area contributed by atoms with Crippen LogP contribution in [0.15, 0.2) is 77.9 Å². The molecule has 0 bridgehead atoms. The highest BCUT2D eigenvalue weighted by molar-refractivity contribution is 5.95. The van der Waals surface area contributed by atoms with Gasteiger partial charge >= 0.3 is 0 Å². The van der Waals surface area contributed by atoms with E-state index in [1.807, 2.05) is 74.5 Å². The number of amides is 1. The fourth-order valence-electron chi connectivity index (χ4n) is 3.06. The minimum Gasteiger partial charge on any atom is -0.267 e. The first-order chi connectivity index (χ1) is 15.1. The first-order valence-corrected chi connectivity index (χ1v) is 9.91. The standard InChI is InChI=1S/C24H22N6O/c1-17-8-9-18(2)22(14-17)15-25-27-24(31)21-12-10-19(11-13-21)16-30-28-23(26-29-30)20-6-4-3-5-7-20/h3-15H,16H2,1-2H3,(H,27,31)/b25-15-. The molecule has 0 aliphatic carbocycles. The fourth-order valence-corrected chi connectivity index (χ4v) is 3.06. The molecule has 1 N–H and O–H groups in total. The highest BCUT2D eigenvalue weighted by atomic mass is 16.2. The number of aryl methyl sites for hydroxylation is 2. The molecule has 4 rings (SSSR count). The van der Waals surface area contributed by atoms with Crippen molar-refractivity contribution in [2.24, 2.45) is 5.10 Å². The second-order valence-electron chi connectivity index (χ2n) is 7.27. The maximum Gasteiger partial charge on any atom is 0.271 e. The molecular formula is C24H22N6O. The summed E-state index contributed by atoms with van der Waals surface area (Å²) in [7, 11) is 0. The molecule has 0 saturated carbocycles. The Kier molecular flexibility index (Phi) is 5.93. The Hall–Kier alpha value is -4.13. The summed E-state index contributed by atoms with van der Waals surface area (Å²) < 4.78 is 0. The van der Waals surface area contributed by atoms with Gasteiger partial charge in [-0.25, -0.2) is 5.43 Å². The Morgan fingerprint density at radius 3 is 2.58 bits per heavy atom.